The number of carbonyl (C=O) groups is 1. The first kappa shape index (κ1) is 19.3. The molecule has 3 heteroatoms. The molecule has 1 heterocycles. The Kier molecular flexibility index (Phi) is 5.95. The minimum atomic E-state index is 0.276. The lowest BCUT2D eigenvalue weighted by Gasteiger charge is -2.18. The molecule has 2 aromatic carbocycles. The monoisotopic (exact) mass is 386 g/mol. The van der Waals surface area contributed by atoms with Crippen LogP contribution >= 0.6 is 0 Å². The first-order valence-electron chi connectivity index (χ1n) is 10.2. The van der Waals surface area contributed by atoms with Crippen LogP contribution in [-0.4, -0.2) is 12.6 Å². The first-order chi connectivity index (χ1) is 14.2. The number of rotatable bonds is 9. The predicted octanol–water partition coefficient (Wildman–Crippen LogP) is 5.91. The number of fused-ring (bicyclic) bond motifs is 1. The summed E-state index contributed by atoms with van der Waals surface area (Å²) in [6.45, 7) is 4.20. The largest absolute Gasteiger partial charge is 0.454 e. The minimum Gasteiger partial charge on any atom is -0.454 e. The van der Waals surface area contributed by atoms with E-state index in [-0.39, 0.29) is 6.79 Å². The van der Waals surface area contributed by atoms with Gasteiger partial charge in [-0.1, -0.05) is 60.2 Å². The first-order valence-corrected chi connectivity index (χ1v) is 10.2. The highest BCUT2D eigenvalue weighted by molar-refractivity contribution is 5.80. The van der Waals surface area contributed by atoms with E-state index in [2.05, 4.69) is 43.0 Å². The quantitative estimate of drug-likeness (QED) is 0.502. The van der Waals surface area contributed by atoms with Gasteiger partial charge in [-0.2, -0.15) is 0 Å². The fraction of sp³-hybridized carbons (Fsp3) is 0.269. The van der Waals surface area contributed by atoms with Crippen molar-refractivity contribution >= 4 is 11.4 Å². The maximum absolute atomic E-state index is 12.5. The summed E-state index contributed by atoms with van der Waals surface area (Å²) in [5.74, 6) is 2.19. The standard InChI is InChI=1S/C26H26O3/c1-2-6-23-21(12-15-24(23)20-7-4-3-5-8-20)11-14-22(27)13-9-19-10-16-25-26(17-19)29-18-28-25/h2-5,7-8,10,12,15-17,23H,1,6,9,11,13-14,18H2. The smallest absolute Gasteiger partial charge is 0.231 e. The average molecular weight is 386 g/mol. The number of Topliss-reactive ketones (excluding diaryl/α,β-unsaturated/α-hetero) is 1. The van der Waals surface area contributed by atoms with E-state index in [0.29, 0.717) is 24.5 Å². The van der Waals surface area contributed by atoms with Crippen LogP contribution in [0.3, 0.4) is 0 Å². The maximum atomic E-state index is 12.5. The molecule has 29 heavy (non-hydrogen) atoms. The molecular formula is C26H26O3. The zero-order chi connectivity index (χ0) is 20.1. The molecule has 0 fully saturated rings. The number of hydrogen-bond acceptors (Lipinski definition) is 3. The molecule has 4 rings (SSSR count). The molecule has 1 atom stereocenters. The highest BCUT2D eigenvalue weighted by atomic mass is 16.7. The highest BCUT2D eigenvalue weighted by Crippen LogP contribution is 2.39. The molecule has 1 unspecified atom stereocenters. The fourth-order valence-corrected chi connectivity index (χ4v) is 4.05. The van der Waals surface area contributed by atoms with Crippen LogP contribution in [0, 0.1) is 5.92 Å². The topological polar surface area (TPSA) is 35.5 Å². The van der Waals surface area contributed by atoms with E-state index in [9.17, 15) is 4.79 Å². The molecule has 3 nitrogen and oxygen atoms in total. The number of ketones is 1. The molecule has 0 saturated carbocycles. The number of hydrogen-bond donors (Lipinski definition) is 0. The van der Waals surface area contributed by atoms with Crippen LogP contribution in [0.1, 0.15) is 36.8 Å². The Morgan fingerprint density at radius 1 is 1.00 bits per heavy atom. The van der Waals surface area contributed by atoms with Gasteiger partial charge in [-0.05, 0) is 48.1 Å². The van der Waals surface area contributed by atoms with Crippen molar-refractivity contribution in [2.75, 3.05) is 6.79 Å². The Hall–Kier alpha value is -3.07. The Morgan fingerprint density at radius 3 is 2.62 bits per heavy atom. The van der Waals surface area contributed by atoms with Crippen LogP contribution in [0.15, 0.2) is 78.9 Å². The minimum absolute atomic E-state index is 0.276. The summed E-state index contributed by atoms with van der Waals surface area (Å²) in [6, 6.07) is 16.4. The zero-order valence-electron chi connectivity index (χ0n) is 16.6. The summed E-state index contributed by atoms with van der Waals surface area (Å²) in [5.41, 5.74) is 5.02. The molecule has 0 amide bonds. The molecule has 2 aliphatic rings. The van der Waals surface area contributed by atoms with E-state index < -0.39 is 0 Å². The third kappa shape index (κ3) is 4.51. The lowest BCUT2D eigenvalue weighted by atomic mass is 9.86. The molecule has 2 aromatic rings. The summed E-state index contributed by atoms with van der Waals surface area (Å²) in [4.78, 5) is 12.5. The Bertz CT molecular complexity index is 953. The summed E-state index contributed by atoms with van der Waals surface area (Å²) < 4.78 is 10.8. The molecule has 0 radical (unpaired) electrons. The number of carbonyl (C=O) groups excluding carboxylic acids is 1. The molecule has 0 bridgehead atoms. The van der Waals surface area contributed by atoms with Gasteiger partial charge in [0, 0.05) is 18.8 Å². The molecular weight excluding hydrogens is 360 g/mol. The van der Waals surface area contributed by atoms with Crippen molar-refractivity contribution in [2.45, 2.75) is 32.1 Å². The van der Waals surface area contributed by atoms with Crippen LogP contribution in [0.5, 0.6) is 11.5 Å². The normalized spacial score (nSPS) is 17.0. The Balaban J connectivity index is 1.30. The zero-order valence-corrected chi connectivity index (χ0v) is 16.6. The van der Waals surface area contributed by atoms with E-state index in [1.54, 1.807) is 0 Å². The van der Waals surface area contributed by atoms with Crippen molar-refractivity contribution in [3.8, 4) is 11.5 Å². The Morgan fingerprint density at radius 2 is 1.79 bits per heavy atom. The summed E-state index contributed by atoms with van der Waals surface area (Å²) in [6.07, 6.45) is 9.96. The van der Waals surface area contributed by atoms with Gasteiger partial charge in [0.1, 0.15) is 5.78 Å². The summed E-state index contributed by atoms with van der Waals surface area (Å²) in [5, 5.41) is 0. The second kappa shape index (κ2) is 8.95. The van der Waals surface area contributed by atoms with Crippen LogP contribution in [0.4, 0.5) is 0 Å². The fourth-order valence-electron chi connectivity index (χ4n) is 4.05. The molecule has 0 saturated heterocycles. The van der Waals surface area contributed by atoms with Crippen LogP contribution in [0.25, 0.3) is 5.57 Å². The second-order valence-corrected chi connectivity index (χ2v) is 7.53. The van der Waals surface area contributed by atoms with Gasteiger partial charge in [0.05, 0.1) is 0 Å². The third-order valence-electron chi connectivity index (χ3n) is 5.63. The van der Waals surface area contributed by atoms with Crippen molar-refractivity contribution in [3.63, 3.8) is 0 Å². The molecule has 0 N–H and O–H groups in total. The molecule has 148 valence electrons. The van der Waals surface area contributed by atoms with Gasteiger partial charge in [-0.15, -0.1) is 6.58 Å². The molecule has 1 aliphatic carbocycles. The maximum Gasteiger partial charge on any atom is 0.231 e. The summed E-state index contributed by atoms with van der Waals surface area (Å²) in [7, 11) is 0. The van der Waals surface area contributed by atoms with Crippen LogP contribution in [0.2, 0.25) is 0 Å². The number of aryl methyl sites for hydroxylation is 1. The summed E-state index contributed by atoms with van der Waals surface area (Å²) >= 11 is 0. The molecule has 0 spiro atoms. The van der Waals surface area contributed by atoms with E-state index >= 15 is 0 Å². The third-order valence-corrected chi connectivity index (χ3v) is 5.63. The van der Waals surface area contributed by atoms with Gasteiger partial charge in [0.15, 0.2) is 11.5 Å². The lowest BCUT2D eigenvalue weighted by molar-refractivity contribution is -0.119. The van der Waals surface area contributed by atoms with E-state index in [4.69, 9.17) is 9.47 Å². The number of benzene rings is 2. The van der Waals surface area contributed by atoms with Gasteiger partial charge in [0.25, 0.3) is 0 Å². The average Bonchev–Trinajstić information content (AvgIpc) is 3.38. The van der Waals surface area contributed by atoms with Crippen molar-refractivity contribution < 1.29 is 14.3 Å². The van der Waals surface area contributed by atoms with Crippen molar-refractivity contribution in [2.24, 2.45) is 5.92 Å². The highest BCUT2D eigenvalue weighted by Gasteiger charge is 2.23. The second-order valence-electron chi connectivity index (χ2n) is 7.53. The predicted molar refractivity (Wildman–Crippen MR) is 116 cm³/mol. The SMILES string of the molecule is C=CCC1C(CCC(=O)CCc2ccc3c(c2)OCO3)=CC=C1c1ccccc1. The number of allylic oxidation sites excluding steroid dienone is 5. The molecule has 1 aliphatic heterocycles. The van der Waals surface area contributed by atoms with E-state index in [1.807, 2.05) is 30.3 Å². The van der Waals surface area contributed by atoms with E-state index in [0.717, 1.165) is 36.3 Å². The molecule has 0 aromatic heterocycles. The Labute approximate surface area is 172 Å². The number of ether oxygens (including phenoxy) is 2. The van der Waals surface area contributed by atoms with E-state index in [1.165, 1.54) is 16.7 Å². The van der Waals surface area contributed by atoms with Gasteiger partial charge < -0.3 is 9.47 Å². The van der Waals surface area contributed by atoms with Gasteiger partial charge in [0.2, 0.25) is 6.79 Å². The lowest BCUT2D eigenvalue weighted by Crippen LogP contribution is -2.06. The van der Waals surface area contributed by atoms with Crippen molar-refractivity contribution in [1.82, 2.24) is 0 Å². The van der Waals surface area contributed by atoms with Gasteiger partial charge in [-0.3, -0.25) is 4.79 Å². The van der Waals surface area contributed by atoms with Crippen molar-refractivity contribution in [3.05, 3.63) is 90.0 Å². The van der Waals surface area contributed by atoms with Gasteiger partial charge in [-0.25, -0.2) is 0 Å². The van der Waals surface area contributed by atoms with Gasteiger partial charge >= 0.3 is 0 Å². The van der Waals surface area contributed by atoms with Crippen LogP contribution in [-0.2, 0) is 11.2 Å². The van der Waals surface area contributed by atoms with Crippen LogP contribution < -0.4 is 9.47 Å². The van der Waals surface area contributed by atoms with Crippen molar-refractivity contribution in [1.29, 1.82) is 0 Å².